The zero-order chi connectivity index (χ0) is 10.7. The fourth-order valence-corrected chi connectivity index (χ4v) is 2.52. The summed E-state index contributed by atoms with van der Waals surface area (Å²) in [6, 6.07) is -1.00. The molecule has 2 N–H and O–H groups in total. The summed E-state index contributed by atoms with van der Waals surface area (Å²) in [4.78, 5) is 34.9. The van der Waals surface area contributed by atoms with Gasteiger partial charge in [-0.25, -0.2) is 4.79 Å². The molecule has 6 heteroatoms. The third kappa shape index (κ3) is 0.847. The van der Waals surface area contributed by atoms with Crippen LogP contribution in [0.5, 0.6) is 0 Å². The number of amides is 4. The van der Waals surface area contributed by atoms with Crippen molar-refractivity contribution in [3.63, 3.8) is 0 Å². The van der Waals surface area contributed by atoms with Crippen molar-refractivity contribution in [3.05, 3.63) is 12.2 Å². The quantitative estimate of drug-likeness (QED) is 0.408. The number of nitrogens with zero attached hydrogens (tertiary/aromatic N) is 1. The third-order valence-corrected chi connectivity index (χ3v) is 3.13. The molecule has 0 saturated carbocycles. The molecule has 2 fully saturated rings. The van der Waals surface area contributed by atoms with Gasteiger partial charge in [-0.3, -0.25) is 9.59 Å². The van der Waals surface area contributed by atoms with Gasteiger partial charge in [0.05, 0.1) is 24.0 Å². The van der Waals surface area contributed by atoms with Crippen molar-refractivity contribution >= 4 is 17.8 Å². The lowest BCUT2D eigenvalue weighted by atomic mass is 9.85. The molecule has 0 aromatic rings. The van der Waals surface area contributed by atoms with E-state index in [1.807, 2.05) is 0 Å². The predicted octanol–water partition coefficient (Wildman–Crippen LogP) is -0.997. The standard InChI is InChI=1S/C9H8N2O4/c10-9(14)11-7(12)5-3-1-2-4(15-3)6(5)8(11)13/h1-6H,(H2,10,14). The number of nitrogens with two attached hydrogens (primary N) is 1. The van der Waals surface area contributed by atoms with E-state index >= 15 is 0 Å². The van der Waals surface area contributed by atoms with Gasteiger partial charge in [0.25, 0.3) is 0 Å². The van der Waals surface area contributed by atoms with Crippen LogP contribution < -0.4 is 5.73 Å². The van der Waals surface area contributed by atoms with E-state index in [1.165, 1.54) is 0 Å². The van der Waals surface area contributed by atoms with Crippen molar-refractivity contribution in [3.8, 4) is 0 Å². The van der Waals surface area contributed by atoms with Crippen molar-refractivity contribution < 1.29 is 19.1 Å². The maximum atomic E-state index is 11.7. The zero-order valence-electron chi connectivity index (χ0n) is 7.62. The van der Waals surface area contributed by atoms with Gasteiger partial charge in [0, 0.05) is 0 Å². The van der Waals surface area contributed by atoms with Crippen LogP contribution in [0.1, 0.15) is 0 Å². The SMILES string of the molecule is NC(=O)N1C(=O)C2C3C=CC(O3)C2C1=O. The van der Waals surface area contributed by atoms with Gasteiger partial charge >= 0.3 is 6.03 Å². The van der Waals surface area contributed by atoms with Gasteiger partial charge in [0.15, 0.2) is 0 Å². The maximum Gasteiger partial charge on any atom is 0.328 e. The van der Waals surface area contributed by atoms with Crippen LogP contribution in [0.3, 0.4) is 0 Å². The lowest BCUT2D eigenvalue weighted by molar-refractivity contribution is -0.138. The second-order valence-electron chi connectivity index (χ2n) is 3.85. The average molecular weight is 208 g/mol. The first-order valence-corrected chi connectivity index (χ1v) is 4.62. The van der Waals surface area contributed by atoms with Gasteiger partial charge in [0.2, 0.25) is 11.8 Å². The number of hydrogen-bond acceptors (Lipinski definition) is 4. The summed E-state index contributed by atoms with van der Waals surface area (Å²) < 4.78 is 5.38. The van der Waals surface area contributed by atoms with E-state index in [1.54, 1.807) is 12.2 Å². The van der Waals surface area contributed by atoms with E-state index in [2.05, 4.69) is 0 Å². The van der Waals surface area contributed by atoms with Gasteiger partial charge in [-0.1, -0.05) is 12.2 Å². The van der Waals surface area contributed by atoms with Gasteiger partial charge in [-0.05, 0) is 0 Å². The van der Waals surface area contributed by atoms with Crippen LogP contribution in [0.4, 0.5) is 4.79 Å². The topological polar surface area (TPSA) is 89.7 Å². The Morgan fingerprint density at radius 1 is 1.20 bits per heavy atom. The van der Waals surface area contributed by atoms with E-state index in [9.17, 15) is 14.4 Å². The highest BCUT2D eigenvalue weighted by atomic mass is 16.5. The first kappa shape index (κ1) is 8.60. The van der Waals surface area contributed by atoms with Gasteiger partial charge < -0.3 is 10.5 Å². The molecule has 3 rings (SSSR count). The fourth-order valence-electron chi connectivity index (χ4n) is 2.52. The van der Waals surface area contributed by atoms with E-state index in [0.29, 0.717) is 4.90 Å². The summed E-state index contributed by atoms with van der Waals surface area (Å²) in [5, 5.41) is 0. The number of primary amides is 1. The Balaban J connectivity index is 2.03. The first-order valence-electron chi connectivity index (χ1n) is 4.62. The summed E-state index contributed by atoms with van der Waals surface area (Å²) in [5.74, 6) is -2.18. The predicted molar refractivity (Wildman–Crippen MR) is 46.2 cm³/mol. The fraction of sp³-hybridized carbons (Fsp3) is 0.444. The molecule has 0 aliphatic carbocycles. The Labute approximate surface area is 84.6 Å². The number of urea groups is 1. The molecule has 0 aromatic carbocycles. The molecule has 4 amide bonds. The summed E-state index contributed by atoms with van der Waals surface area (Å²) in [5.41, 5.74) is 4.98. The Bertz CT molecular complexity index is 386. The molecule has 0 spiro atoms. The Morgan fingerprint density at radius 2 is 1.67 bits per heavy atom. The van der Waals surface area contributed by atoms with Gasteiger partial charge in [0.1, 0.15) is 0 Å². The number of rotatable bonds is 0. The molecule has 3 aliphatic heterocycles. The molecule has 3 heterocycles. The lowest BCUT2D eigenvalue weighted by Crippen LogP contribution is -2.42. The van der Waals surface area contributed by atoms with Gasteiger partial charge in [-0.15, -0.1) is 0 Å². The highest BCUT2D eigenvalue weighted by molar-refractivity contribution is 6.17. The summed E-state index contributed by atoms with van der Waals surface area (Å²) >= 11 is 0. The number of fused-ring (bicyclic) bond motifs is 5. The minimum absolute atomic E-state index is 0.374. The van der Waals surface area contributed by atoms with Crippen LogP contribution in [-0.4, -0.2) is 35.0 Å². The molecule has 0 aromatic heterocycles. The monoisotopic (exact) mass is 208 g/mol. The summed E-state index contributed by atoms with van der Waals surface area (Å²) in [7, 11) is 0. The van der Waals surface area contributed by atoms with Crippen LogP contribution >= 0.6 is 0 Å². The number of likely N-dealkylation sites (tertiary alicyclic amines) is 1. The van der Waals surface area contributed by atoms with Crippen LogP contribution in [-0.2, 0) is 14.3 Å². The van der Waals surface area contributed by atoms with Crippen molar-refractivity contribution in [2.24, 2.45) is 17.6 Å². The normalized spacial score (nSPS) is 41.5. The largest absolute Gasteiger partial charge is 0.365 e. The van der Waals surface area contributed by atoms with E-state index < -0.39 is 29.7 Å². The van der Waals surface area contributed by atoms with Crippen molar-refractivity contribution in [1.29, 1.82) is 0 Å². The van der Waals surface area contributed by atoms with Crippen molar-refractivity contribution in [2.45, 2.75) is 12.2 Å². The van der Waals surface area contributed by atoms with Crippen LogP contribution in [0.25, 0.3) is 0 Å². The number of hydrogen-bond donors (Lipinski definition) is 1. The van der Waals surface area contributed by atoms with Crippen molar-refractivity contribution in [2.75, 3.05) is 0 Å². The molecule has 2 bridgehead atoms. The number of ether oxygens (including phenoxy) is 1. The van der Waals surface area contributed by atoms with Crippen LogP contribution in [0.15, 0.2) is 12.2 Å². The average Bonchev–Trinajstić information content (AvgIpc) is 2.79. The Kier molecular flexibility index (Phi) is 1.41. The lowest BCUT2D eigenvalue weighted by Gasteiger charge is -2.12. The van der Waals surface area contributed by atoms with Crippen LogP contribution in [0, 0.1) is 11.8 Å². The molecular weight excluding hydrogens is 200 g/mol. The minimum Gasteiger partial charge on any atom is -0.365 e. The highest BCUT2D eigenvalue weighted by Crippen LogP contribution is 2.44. The first-order chi connectivity index (χ1) is 7.11. The zero-order valence-corrected chi connectivity index (χ0v) is 7.62. The number of imide groups is 3. The second kappa shape index (κ2) is 2.46. The Morgan fingerprint density at radius 3 is 2.07 bits per heavy atom. The van der Waals surface area contributed by atoms with Gasteiger partial charge in [-0.2, -0.15) is 4.90 Å². The molecule has 0 radical (unpaired) electrons. The van der Waals surface area contributed by atoms with Crippen LogP contribution in [0.2, 0.25) is 0 Å². The number of carbonyl (C=O) groups excluding carboxylic acids is 3. The smallest absolute Gasteiger partial charge is 0.328 e. The summed E-state index contributed by atoms with van der Waals surface area (Å²) in [6.45, 7) is 0. The van der Waals surface area contributed by atoms with Crippen molar-refractivity contribution in [1.82, 2.24) is 4.90 Å². The third-order valence-electron chi connectivity index (χ3n) is 3.13. The van der Waals surface area contributed by atoms with E-state index in [-0.39, 0.29) is 12.2 Å². The van der Waals surface area contributed by atoms with E-state index in [0.717, 1.165) is 0 Å². The number of carbonyl (C=O) groups is 3. The second-order valence-corrected chi connectivity index (χ2v) is 3.85. The molecule has 6 nitrogen and oxygen atoms in total. The molecule has 2 saturated heterocycles. The molecule has 78 valence electrons. The molecule has 4 unspecified atom stereocenters. The molecule has 4 atom stereocenters. The Hall–Kier alpha value is -1.69. The molecule has 3 aliphatic rings. The molecular formula is C9H8N2O4. The molecule has 15 heavy (non-hydrogen) atoms. The maximum absolute atomic E-state index is 11.7. The summed E-state index contributed by atoms with van der Waals surface area (Å²) in [6.07, 6.45) is 2.75. The minimum atomic E-state index is -1.00. The van der Waals surface area contributed by atoms with E-state index in [4.69, 9.17) is 10.5 Å². The highest BCUT2D eigenvalue weighted by Gasteiger charge is 2.61.